The van der Waals surface area contributed by atoms with Crippen molar-refractivity contribution >= 4 is 27.7 Å². The molecule has 0 aliphatic carbocycles. The lowest BCUT2D eigenvalue weighted by Crippen LogP contribution is -2.47. The minimum absolute atomic E-state index is 0.870. The molecule has 1 saturated heterocycles. The third kappa shape index (κ3) is 4.32. The minimum Gasteiger partial charge on any atom is -0.353 e. The second-order valence-corrected chi connectivity index (χ2v) is 8.81. The summed E-state index contributed by atoms with van der Waals surface area (Å²) < 4.78 is 1.13. The van der Waals surface area contributed by atoms with Gasteiger partial charge in [0.2, 0.25) is 5.95 Å². The molecule has 0 radical (unpaired) electrons. The molecule has 0 bridgehead atoms. The molecule has 1 fully saturated rings. The Labute approximate surface area is 185 Å². The van der Waals surface area contributed by atoms with Gasteiger partial charge in [0.1, 0.15) is 5.82 Å². The highest BCUT2D eigenvalue weighted by Crippen LogP contribution is 2.23. The molecule has 5 rings (SSSR count). The van der Waals surface area contributed by atoms with Gasteiger partial charge in [-0.1, -0.05) is 34.1 Å². The largest absolute Gasteiger partial charge is 0.353 e. The van der Waals surface area contributed by atoms with E-state index < -0.39 is 0 Å². The fourth-order valence-corrected chi connectivity index (χ4v) is 4.67. The van der Waals surface area contributed by atoms with E-state index in [1.807, 2.05) is 24.5 Å². The van der Waals surface area contributed by atoms with Crippen LogP contribution in [0.15, 0.2) is 59.3 Å². The van der Waals surface area contributed by atoms with Gasteiger partial charge in [-0.25, -0.2) is 15.0 Å². The van der Waals surface area contributed by atoms with Crippen LogP contribution in [0.1, 0.15) is 16.8 Å². The molecule has 2 aliphatic rings. The van der Waals surface area contributed by atoms with Gasteiger partial charge < -0.3 is 9.80 Å². The van der Waals surface area contributed by atoms with E-state index in [1.165, 1.54) is 16.8 Å². The Morgan fingerprint density at radius 1 is 0.900 bits per heavy atom. The molecule has 6 nitrogen and oxygen atoms in total. The molecule has 0 amide bonds. The lowest BCUT2D eigenvalue weighted by molar-refractivity contribution is 0.243. The van der Waals surface area contributed by atoms with Crippen LogP contribution < -0.4 is 9.80 Å². The lowest BCUT2D eigenvalue weighted by Gasteiger charge is -2.36. The molecule has 1 aromatic carbocycles. The molecule has 154 valence electrons. The Morgan fingerprint density at radius 3 is 2.57 bits per heavy atom. The van der Waals surface area contributed by atoms with Crippen LogP contribution in [0.3, 0.4) is 0 Å². The van der Waals surface area contributed by atoms with E-state index in [0.717, 1.165) is 68.5 Å². The first-order chi connectivity index (χ1) is 14.7. The van der Waals surface area contributed by atoms with Gasteiger partial charge in [-0.2, -0.15) is 0 Å². The van der Waals surface area contributed by atoms with E-state index in [9.17, 15) is 0 Å². The number of anilines is 2. The van der Waals surface area contributed by atoms with Crippen molar-refractivity contribution < 1.29 is 0 Å². The van der Waals surface area contributed by atoms with Crippen LogP contribution in [-0.2, 0) is 19.5 Å². The van der Waals surface area contributed by atoms with Crippen LogP contribution in [0.4, 0.5) is 11.8 Å². The summed E-state index contributed by atoms with van der Waals surface area (Å²) in [6, 6.07) is 14.6. The third-order valence-corrected chi connectivity index (χ3v) is 6.32. The maximum Gasteiger partial charge on any atom is 0.225 e. The fourth-order valence-electron chi connectivity index (χ4n) is 4.22. The second-order valence-electron chi connectivity index (χ2n) is 7.89. The van der Waals surface area contributed by atoms with Gasteiger partial charge in [-0.3, -0.25) is 4.90 Å². The predicted octanol–water partition coefficient (Wildman–Crippen LogP) is 3.52. The fraction of sp³-hybridized carbons (Fsp3) is 0.348. The van der Waals surface area contributed by atoms with Crippen molar-refractivity contribution in [3.05, 3.63) is 76.2 Å². The molecule has 4 heterocycles. The van der Waals surface area contributed by atoms with Crippen molar-refractivity contribution in [3.63, 3.8) is 0 Å². The highest BCUT2D eigenvalue weighted by Gasteiger charge is 2.23. The number of piperazine rings is 1. The monoisotopic (exact) mass is 464 g/mol. The van der Waals surface area contributed by atoms with Gasteiger partial charge in [-0.15, -0.1) is 0 Å². The third-order valence-electron chi connectivity index (χ3n) is 5.83. The van der Waals surface area contributed by atoms with Gasteiger partial charge in [0.15, 0.2) is 0 Å². The Morgan fingerprint density at radius 2 is 1.77 bits per heavy atom. The summed E-state index contributed by atoms with van der Waals surface area (Å²) in [6.07, 6.45) is 4.87. The molecule has 0 spiro atoms. The van der Waals surface area contributed by atoms with Crippen LogP contribution in [0.25, 0.3) is 0 Å². The SMILES string of the molecule is Brc1cccc(CN2CCc3nc(N4CCN(c5ccccn5)CC4)ncc3C2)c1. The quantitative estimate of drug-likeness (QED) is 0.588. The van der Waals surface area contributed by atoms with Crippen LogP contribution in [-0.4, -0.2) is 52.6 Å². The first-order valence-electron chi connectivity index (χ1n) is 10.5. The summed E-state index contributed by atoms with van der Waals surface area (Å²) in [4.78, 5) is 21.2. The van der Waals surface area contributed by atoms with Crippen LogP contribution in [0, 0.1) is 0 Å². The second kappa shape index (κ2) is 8.70. The molecule has 7 heteroatoms. The highest BCUT2D eigenvalue weighted by molar-refractivity contribution is 9.10. The normalized spacial score (nSPS) is 17.1. The number of aromatic nitrogens is 3. The van der Waals surface area contributed by atoms with Gasteiger partial charge in [0, 0.05) is 74.7 Å². The van der Waals surface area contributed by atoms with Crippen molar-refractivity contribution in [2.45, 2.75) is 19.5 Å². The number of rotatable bonds is 4. The molecule has 2 aromatic heterocycles. The smallest absolute Gasteiger partial charge is 0.225 e. The topological polar surface area (TPSA) is 48.4 Å². The molecule has 3 aromatic rings. The number of benzene rings is 1. The van der Waals surface area contributed by atoms with E-state index in [-0.39, 0.29) is 0 Å². The summed E-state index contributed by atoms with van der Waals surface area (Å²) in [7, 11) is 0. The Balaban J connectivity index is 1.22. The van der Waals surface area contributed by atoms with Crippen molar-refractivity contribution in [1.29, 1.82) is 0 Å². The zero-order valence-electron chi connectivity index (χ0n) is 16.9. The first kappa shape index (κ1) is 19.5. The minimum atomic E-state index is 0.870. The average molecular weight is 465 g/mol. The zero-order valence-corrected chi connectivity index (χ0v) is 18.5. The number of nitrogens with zero attached hydrogens (tertiary/aromatic N) is 6. The molecule has 0 N–H and O–H groups in total. The predicted molar refractivity (Wildman–Crippen MR) is 123 cm³/mol. The lowest BCUT2D eigenvalue weighted by atomic mass is 10.1. The molecule has 30 heavy (non-hydrogen) atoms. The summed E-state index contributed by atoms with van der Waals surface area (Å²) in [5.41, 5.74) is 3.79. The molecule has 0 atom stereocenters. The number of fused-ring (bicyclic) bond motifs is 1. The van der Waals surface area contributed by atoms with Gasteiger partial charge >= 0.3 is 0 Å². The van der Waals surface area contributed by atoms with Crippen LogP contribution in [0.2, 0.25) is 0 Å². The Bertz CT molecular complexity index is 1000. The summed E-state index contributed by atoms with van der Waals surface area (Å²) >= 11 is 3.57. The van der Waals surface area contributed by atoms with Gasteiger partial charge in [0.25, 0.3) is 0 Å². The summed E-state index contributed by atoms with van der Waals surface area (Å²) in [5, 5.41) is 0. The highest BCUT2D eigenvalue weighted by atomic mass is 79.9. The molecule has 2 aliphatic heterocycles. The van der Waals surface area contributed by atoms with E-state index in [0.29, 0.717) is 0 Å². The zero-order chi connectivity index (χ0) is 20.3. The van der Waals surface area contributed by atoms with Crippen molar-refractivity contribution in [1.82, 2.24) is 19.9 Å². The summed E-state index contributed by atoms with van der Waals surface area (Å²) in [5.74, 6) is 1.92. The van der Waals surface area contributed by atoms with Gasteiger partial charge in [0.05, 0.1) is 5.69 Å². The Hall–Kier alpha value is -2.51. The van der Waals surface area contributed by atoms with Crippen LogP contribution in [0.5, 0.6) is 0 Å². The molecular weight excluding hydrogens is 440 g/mol. The van der Waals surface area contributed by atoms with Crippen molar-refractivity contribution in [2.24, 2.45) is 0 Å². The standard InChI is InChI=1S/C23H25BrN6/c24-20-5-3-4-18(14-20)16-28-9-7-21-19(17-28)15-26-23(27-21)30-12-10-29(11-13-30)22-6-1-2-8-25-22/h1-6,8,14-15H,7,9-13,16-17H2. The van der Waals surface area contributed by atoms with Crippen molar-refractivity contribution in [3.8, 4) is 0 Å². The first-order valence-corrected chi connectivity index (χ1v) is 11.3. The maximum atomic E-state index is 4.94. The number of pyridine rings is 1. The van der Waals surface area contributed by atoms with Crippen molar-refractivity contribution in [2.75, 3.05) is 42.5 Å². The molecule has 0 unspecified atom stereocenters. The average Bonchev–Trinajstić information content (AvgIpc) is 2.79. The molecular formula is C23H25BrN6. The number of hydrogen-bond donors (Lipinski definition) is 0. The maximum absolute atomic E-state index is 4.94. The molecule has 0 saturated carbocycles. The van der Waals surface area contributed by atoms with E-state index in [2.05, 4.69) is 65.9 Å². The van der Waals surface area contributed by atoms with E-state index in [4.69, 9.17) is 9.97 Å². The summed E-state index contributed by atoms with van der Waals surface area (Å²) in [6.45, 7) is 6.62. The van der Waals surface area contributed by atoms with E-state index in [1.54, 1.807) is 0 Å². The van der Waals surface area contributed by atoms with Gasteiger partial charge in [-0.05, 0) is 29.8 Å². The number of hydrogen-bond acceptors (Lipinski definition) is 6. The Kier molecular flexibility index (Phi) is 5.64. The van der Waals surface area contributed by atoms with Crippen LogP contribution >= 0.6 is 15.9 Å². The van der Waals surface area contributed by atoms with E-state index >= 15 is 0 Å². The number of halogens is 1.